The lowest BCUT2D eigenvalue weighted by molar-refractivity contribution is -0.140. The van der Waals surface area contributed by atoms with Crippen molar-refractivity contribution in [2.24, 2.45) is 0 Å². The maximum atomic E-state index is 14.2. The highest BCUT2D eigenvalue weighted by Gasteiger charge is 2.37. The van der Waals surface area contributed by atoms with Crippen molar-refractivity contribution in [3.05, 3.63) is 88.9 Å². The first-order chi connectivity index (χ1) is 20.7. The van der Waals surface area contributed by atoms with Gasteiger partial charge in [-0.15, -0.1) is 0 Å². The largest absolute Gasteiger partial charge is 0.497 e. The molecule has 0 bridgehead atoms. The van der Waals surface area contributed by atoms with Gasteiger partial charge >= 0.3 is 6.18 Å². The van der Waals surface area contributed by atoms with Crippen LogP contribution in [0.5, 0.6) is 5.75 Å². The highest BCUT2D eigenvalue weighted by molar-refractivity contribution is 7.92. The fraction of sp³-hybridized carbons (Fsp3) is 0.355. The van der Waals surface area contributed by atoms with Crippen LogP contribution in [-0.2, 0) is 32.3 Å². The van der Waals surface area contributed by atoms with Crippen LogP contribution in [0.15, 0.2) is 77.7 Å². The standard InChI is InChI=1S/C31H35ClF3N3O5S/c1-5-21(3)36-30(40)27(6-2)37(19-22-11-10-12-24(17-22)43-4)29(39)20-38(44(41,42)25-13-8-7-9-14-25)28-18-23(31(33,34)35)15-16-26(28)32/h7-18,21,27H,5-6,19-20H2,1-4H3,(H,36,40). The smallest absolute Gasteiger partial charge is 0.416 e. The van der Waals surface area contributed by atoms with Crippen LogP contribution in [0.25, 0.3) is 0 Å². The van der Waals surface area contributed by atoms with E-state index >= 15 is 0 Å². The van der Waals surface area contributed by atoms with Gasteiger partial charge in [0.15, 0.2) is 0 Å². The number of nitrogens with zero attached hydrogens (tertiary/aromatic N) is 2. The van der Waals surface area contributed by atoms with E-state index in [-0.39, 0.29) is 28.9 Å². The van der Waals surface area contributed by atoms with Crippen LogP contribution in [0.3, 0.4) is 0 Å². The quantitative estimate of drug-likeness (QED) is 0.234. The van der Waals surface area contributed by atoms with Gasteiger partial charge < -0.3 is 15.0 Å². The number of carbonyl (C=O) groups excluding carboxylic acids is 2. The zero-order valence-electron chi connectivity index (χ0n) is 24.8. The number of benzene rings is 3. The number of methoxy groups -OCH3 is 1. The molecule has 0 saturated carbocycles. The van der Waals surface area contributed by atoms with E-state index in [1.54, 1.807) is 37.3 Å². The van der Waals surface area contributed by atoms with Crippen LogP contribution in [0.4, 0.5) is 18.9 Å². The molecule has 2 unspecified atom stereocenters. The summed E-state index contributed by atoms with van der Waals surface area (Å²) in [5, 5.41) is 2.55. The van der Waals surface area contributed by atoms with E-state index in [1.807, 2.05) is 13.8 Å². The molecule has 3 rings (SSSR count). The molecule has 2 atom stereocenters. The summed E-state index contributed by atoms with van der Waals surface area (Å²) in [6.07, 6.45) is -4.01. The third-order valence-corrected chi connectivity index (χ3v) is 9.12. The SMILES string of the molecule is CCC(C)NC(=O)C(CC)N(Cc1cccc(OC)c1)C(=O)CN(c1cc(C(F)(F)F)ccc1Cl)S(=O)(=O)c1ccccc1. The van der Waals surface area contributed by atoms with Gasteiger partial charge in [-0.2, -0.15) is 13.2 Å². The Balaban J connectivity index is 2.16. The number of amides is 2. The van der Waals surface area contributed by atoms with Crippen molar-refractivity contribution < 1.29 is 35.9 Å². The minimum atomic E-state index is -4.81. The molecule has 8 nitrogen and oxygen atoms in total. The monoisotopic (exact) mass is 653 g/mol. The first-order valence-electron chi connectivity index (χ1n) is 13.9. The highest BCUT2D eigenvalue weighted by atomic mass is 35.5. The Bertz CT molecular complexity index is 1550. The summed E-state index contributed by atoms with van der Waals surface area (Å²) < 4.78 is 74.8. The van der Waals surface area contributed by atoms with Crippen molar-refractivity contribution in [1.82, 2.24) is 10.2 Å². The van der Waals surface area contributed by atoms with Gasteiger partial charge in [0, 0.05) is 12.6 Å². The van der Waals surface area contributed by atoms with E-state index in [4.69, 9.17) is 16.3 Å². The normalized spacial score (nSPS) is 13.1. The zero-order chi connectivity index (χ0) is 32.7. The summed E-state index contributed by atoms with van der Waals surface area (Å²) >= 11 is 6.30. The van der Waals surface area contributed by atoms with Crippen LogP contribution in [0, 0.1) is 0 Å². The first-order valence-corrected chi connectivity index (χ1v) is 15.7. The Morgan fingerprint density at radius 2 is 1.66 bits per heavy atom. The van der Waals surface area contributed by atoms with Crippen molar-refractivity contribution in [3.8, 4) is 5.75 Å². The predicted molar refractivity (Wildman–Crippen MR) is 163 cm³/mol. The minimum Gasteiger partial charge on any atom is -0.497 e. The number of alkyl halides is 3. The number of ether oxygens (including phenoxy) is 1. The fourth-order valence-electron chi connectivity index (χ4n) is 4.44. The number of hydrogen-bond donors (Lipinski definition) is 1. The van der Waals surface area contributed by atoms with Gasteiger partial charge in [0.1, 0.15) is 18.3 Å². The molecule has 0 heterocycles. The van der Waals surface area contributed by atoms with Crippen LogP contribution >= 0.6 is 11.6 Å². The molecule has 0 aromatic heterocycles. The second-order valence-electron chi connectivity index (χ2n) is 10.1. The van der Waals surface area contributed by atoms with Gasteiger partial charge in [-0.1, -0.05) is 55.8 Å². The Morgan fingerprint density at radius 1 is 0.977 bits per heavy atom. The minimum absolute atomic E-state index is 0.113. The molecule has 3 aromatic rings. The molecular formula is C31H35ClF3N3O5S. The van der Waals surface area contributed by atoms with Crippen molar-refractivity contribution in [2.45, 2.75) is 63.3 Å². The molecule has 0 spiro atoms. The van der Waals surface area contributed by atoms with E-state index in [2.05, 4.69) is 5.32 Å². The number of hydrogen-bond acceptors (Lipinski definition) is 5. The number of carbonyl (C=O) groups is 2. The molecule has 2 amide bonds. The second kappa shape index (κ2) is 14.8. The molecule has 0 aliphatic heterocycles. The lowest BCUT2D eigenvalue weighted by Crippen LogP contribution is -2.53. The van der Waals surface area contributed by atoms with Gasteiger partial charge in [-0.05, 0) is 67.8 Å². The van der Waals surface area contributed by atoms with Crippen molar-refractivity contribution in [3.63, 3.8) is 0 Å². The third kappa shape index (κ3) is 8.44. The Morgan fingerprint density at radius 3 is 2.25 bits per heavy atom. The van der Waals surface area contributed by atoms with Crippen molar-refractivity contribution in [1.29, 1.82) is 0 Å². The molecule has 0 aliphatic rings. The molecule has 0 saturated heterocycles. The number of nitrogens with one attached hydrogen (secondary N) is 1. The van der Waals surface area contributed by atoms with Crippen LogP contribution in [0.1, 0.15) is 44.7 Å². The van der Waals surface area contributed by atoms with E-state index in [1.165, 1.54) is 36.3 Å². The molecular weight excluding hydrogens is 619 g/mol. The third-order valence-electron chi connectivity index (χ3n) is 7.03. The van der Waals surface area contributed by atoms with Gasteiger partial charge in [-0.3, -0.25) is 13.9 Å². The van der Waals surface area contributed by atoms with E-state index in [0.717, 1.165) is 12.1 Å². The lowest BCUT2D eigenvalue weighted by atomic mass is 10.1. The Kier molecular flexibility index (Phi) is 11.7. The molecule has 0 radical (unpaired) electrons. The molecule has 0 aliphatic carbocycles. The van der Waals surface area contributed by atoms with Crippen molar-refractivity contribution in [2.75, 3.05) is 18.0 Å². The van der Waals surface area contributed by atoms with Gasteiger partial charge in [0.05, 0.1) is 28.3 Å². The van der Waals surface area contributed by atoms with Gasteiger partial charge in [-0.25, -0.2) is 8.42 Å². The fourth-order valence-corrected chi connectivity index (χ4v) is 6.16. The second-order valence-corrected chi connectivity index (χ2v) is 12.4. The maximum Gasteiger partial charge on any atom is 0.416 e. The molecule has 44 heavy (non-hydrogen) atoms. The average Bonchev–Trinajstić information content (AvgIpc) is 2.99. The molecule has 238 valence electrons. The van der Waals surface area contributed by atoms with Crippen LogP contribution in [0.2, 0.25) is 5.02 Å². The van der Waals surface area contributed by atoms with Crippen LogP contribution in [-0.4, -0.2) is 50.9 Å². The molecule has 3 aromatic carbocycles. The summed E-state index contributed by atoms with van der Waals surface area (Å²) in [5.74, 6) is -0.782. The first kappa shape index (κ1) is 34.7. The van der Waals surface area contributed by atoms with Gasteiger partial charge in [0.25, 0.3) is 10.0 Å². The Labute approximate surface area is 260 Å². The molecule has 1 N–H and O–H groups in total. The predicted octanol–water partition coefficient (Wildman–Crippen LogP) is 6.28. The van der Waals surface area contributed by atoms with Crippen molar-refractivity contribution >= 4 is 39.1 Å². The Hall–Kier alpha value is -3.77. The highest BCUT2D eigenvalue weighted by Crippen LogP contribution is 2.37. The van der Waals surface area contributed by atoms with Gasteiger partial charge in [0.2, 0.25) is 11.8 Å². The maximum absolute atomic E-state index is 14.2. The lowest BCUT2D eigenvalue weighted by Gasteiger charge is -2.34. The summed E-state index contributed by atoms with van der Waals surface area (Å²) in [6, 6.07) is 14.8. The molecule has 13 heteroatoms. The number of rotatable bonds is 13. The zero-order valence-corrected chi connectivity index (χ0v) is 26.3. The summed E-state index contributed by atoms with van der Waals surface area (Å²) in [4.78, 5) is 28.5. The van der Waals surface area contributed by atoms with E-state index in [0.29, 0.717) is 28.1 Å². The summed E-state index contributed by atoms with van der Waals surface area (Å²) in [5.41, 5.74) is -1.09. The average molecular weight is 654 g/mol. The summed E-state index contributed by atoms with van der Waals surface area (Å²) in [6.45, 7) is 4.35. The topological polar surface area (TPSA) is 96.0 Å². The van der Waals surface area contributed by atoms with Crippen LogP contribution < -0.4 is 14.4 Å². The number of halogens is 4. The number of sulfonamides is 1. The summed E-state index contributed by atoms with van der Waals surface area (Å²) in [7, 11) is -3.14. The molecule has 0 fully saturated rings. The number of anilines is 1. The van der Waals surface area contributed by atoms with E-state index in [9.17, 15) is 31.2 Å². The van der Waals surface area contributed by atoms with E-state index < -0.39 is 51.9 Å².